The lowest BCUT2D eigenvalue weighted by Crippen LogP contribution is -2.06. The SMILES string of the molecule is CC(SC(=N)N)c1ccc2ccccc2c1. The normalized spacial score (nSPS) is 12.6. The Morgan fingerprint density at radius 1 is 1.19 bits per heavy atom. The number of nitrogens with two attached hydrogens (primary N) is 1. The van der Waals surface area contributed by atoms with Gasteiger partial charge in [-0.2, -0.15) is 0 Å². The molecule has 2 rings (SSSR count). The molecule has 2 aromatic carbocycles. The maximum atomic E-state index is 7.28. The lowest BCUT2D eigenvalue weighted by molar-refractivity contribution is 1.11. The molecule has 1 atom stereocenters. The minimum absolute atomic E-state index is 0.167. The van der Waals surface area contributed by atoms with Crippen LogP contribution in [0, 0.1) is 5.41 Å². The van der Waals surface area contributed by atoms with Crippen LogP contribution in [0.1, 0.15) is 17.7 Å². The molecule has 0 amide bonds. The second-order valence-corrected chi connectivity index (χ2v) is 5.11. The summed E-state index contributed by atoms with van der Waals surface area (Å²) in [5, 5.41) is 10.1. The summed E-state index contributed by atoms with van der Waals surface area (Å²) in [6.07, 6.45) is 0. The Morgan fingerprint density at radius 3 is 2.56 bits per heavy atom. The zero-order valence-electron chi connectivity index (χ0n) is 9.10. The Kier molecular flexibility index (Phi) is 3.15. The van der Waals surface area contributed by atoms with Crippen molar-refractivity contribution in [1.82, 2.24) is 0 Å². The minimum Gasteiger partial charge on any atom is -0.379 e. The number of rotatable bonds is 2. The van der Waals surface area contributed by atoms with Crippen molar-refractivity contribution in [2.75, 3.05) is 0 Å². The van der Waals surface area contributed by atoms with Gasteiger partial charge in [-0.3, -0.25) is 5.41 Å². The molecule has 0 saturated carbocycles. The number of nitrogens with one attached hydrogen (secondary N) is 1. The molecule has 16 heavy (non-hydrogen) atoms. The molecule has 0 aromatic heterocycles. The van der Waals surface area contributed by atoms with Crippen molar-refractivity contribution in [3.8, 4) is 0 Å². The van der Waals surface area contributed by atoms with Gasteiger partial charge in [-0.25, -0.2) is 0 Å². The molecule has 0 aliphatic carbocycles. The van der Waals surface area contributed by atoms with Gasteiger partial charge < -0.3 is 5.73 Å². The van der Waals surface area contributed by atoms with Gasteiger partial charge in [0.25, 0.3) is 0 Å². The Bertz CT molecular complexity index is 522. The summed E-state index contributed by atoms with van der Waals surface area (Å²) in [6.45, 7) is 2.07. The van der Waals surface area contributed by atoms with E-state index in [-0.39, 0.29) is 10.4 Å². The van der Waals surface area contributed by atoms with E-state index in [2.05, 4.69) is 37.3 Å². The third-order valence-corrected chi connectivity index (χ3v) is 3.43. The molecular formula is C13H14N2S. The van der Waals surface area contributed by atoms with Gasteiger partial charge in [0.15, 0.2) is 5.17 Å². The average molecular weight is 230 g/mol. The molecule has 0 aliphatic rings. The van der Waals surface area contributed by atoms with Crippen molar-refractivity contribution in [2.45, 2.75) is 12.2 Å². The van der Waals surface area contributed by atoms with Crippen molar-refractivity contribution < 1.29 is 0 Å². The highest BCUT2D eigenvalue weighted by Gasteiger charge is 2.07. The van der Waals surface area contributed by atoms with E-state index < -0.39 is 0 Å². The molecule has 0 radical (unpaired) electrons. The van der Waals surface area contributed by atoms with Crippen molar-refractivity contribution in [1.29, 1.82) is 5.41 Å². The van der Waals surface area contributed by atoms with Crippen LogP contribution in [0.3, 0.4) is 0 Å². The molecule has 0 saturated heterocycles. The summed E-state index contributed by atoms with van der Waals surface area (Å²) in [5.74, 6) is 0. The first-order chi connectivity index (χ1) is 7.66. The van der Waals surface area contributed by atoms with E-state index in [0.29, 0.717) is 0 Å². The van der Waals surface area contributed by atoms with Crippen molar-refractivity contribution in [2.24, 2.45) is 5.73 Å². The molecule has 1 unspecified atom stereocenters. The third-order valence-electron chi connectivity index (χ3n) is 2.55. The van der Waals surface area contributed by atoms with Crippen molar-refractivity contribution in [3.63, 3.8) is 0 Å². The van der Waals surface area contributed by atoms with Gasteiger partial charge in [0.1, 0.15) is 0 Å². The van der Waals surface area contributed by atoms with Gasteiger partial charge in [-0.15, -0.1) is 0 Å². The standard InChI is InChI=1S/C13H14N2S/c1-9(16-13(14)15)11-7-6-10-4-2-3-5-12(10)8-11/h2-9H,1H3,(H3,14,15). The summed E-state index contributed by atoms with van der Waals surface area (Å²) >= 11 is 1.38. The maximum absolute atomic E-state index is 7.28. The van der Waals surface area contributed by atoms with Gasteiger partial charge in [-0.05, 0) is 23.3 Å². The Balaban J connectivity index is 2.35. The molecule has 3 N–H and O–H groups in total. The quantitative estimate of drug-likeness (QED) is 0.612. The molecule has 0 fully saturated rings. The van der Waals surface area contributed by atoms with Crippen molar-refractivity contribution >= 4 is 27.7 Å². The van der Waals surface area contributed by atoms with Gasteiger partial charge >= 0.3 is 0 Å². The fourth-order valence-corrected chi connectivity index (χ4v) is 2.38. The van der Waals surface area contributed by atoms with Crippen LogP contribution >= 0.6 is 11.8 Å². The number of hydrogen-bond donors (Lipinski definition) is 2. The number of hydrogen-bond acceptors (Lipinski definition) is 2. The molecule has 82 valence electrons. The van der Waals surface area contributed by atoms with Crippen LogP contribution in [0.2, 0.25) is 0 Å². The summed E-state index contributed by atoms with van der Waals surface area (Å²) in [6, 6.07) is 14.7. The maximum Gasteiger partial charge on any atom is 0.151 e. The van der Waals surface area contributed by atoms with E-state index in [4.69, 9.17) is 11.1 Å². The van der Waals surface area contributed by atoms with Crippen LogP contribution in [0.5, 0.6) is 0 Å². The zero-order chi connectivity index (χ0) is 11.5. The van der Waals surface area contributed by atoms with E-state index in [0.717, 1.165) is 0 Å². The number of benzene rings is 2. The van der Waals surface area contributed by atoms with E-state index in [1.165, 1.54) is 28.1 Å². The molecular weight excluding hydrogens is 216 g/mol. The topological polar surface area (TPSA) is 49.9 Å². The third kappa shape index (κ3) is 2.36. The van der Waals surface area contributed by atoms with Crippen LogP contribution in [-0.2, 0) is 0 Å². The molecule has 0 heterocycles. The predicted octanol–water partition coefficient (Wildman–Crippen LogP) is 3.53. The van der Waals surface area contributed by atoms with E-state index >= 15 is 0 Å². The van der Waals surface area contributed by atoms with Crippen LogP contribution in [0.4, 0.5) is 0 Å². The summed E-state index contributed by atoms with van der Waals surface area (Å²) in [7, 11) is 0. The van der Waals surface area contributed by atoms with E-state index in [1.54, 1.807) is 0 Å². The summed E-state index contributed by atoms with van der Waals surface area (Å²) in [4.78, 5) is 0. The monoisotopic (exact) mass is 230 g/mol. The Hall–Kier alpha value is -1.48. The number of fused-ring (bicyclic) bond motifs is 1. The van der Waals surface area contributed by atoms with Gasteiger partial charge in [-0.1, -0.05) is 54.2 Å². The molecule has 0 bridgehead atoms. The highest BCUT2D eigenvalue weighted by molar-refractivity contribution is 8.13. The smallest absolute Gasteiger partial charge is 0.151 e. The number of thioether (sulfide) groups is 1. The first-order valence-corrected chi connectivity index (χ1v) is 6.04. The largest absolute Gasteiger partial charge is 0.379 e. The van der Waals surface area contributed by atoms with Crippen molar-refractivity contribution in [3.05, 3.63) is 48.0 Å². The Morgan fingerprint density at radius 2 is 1.88 bits per heavy atom. The van der Waals surface area contributed by atoms with Gasteiger partial charge in [0.05, 0.1) is 0 Å². The highest BCUT2D eigenvalue weighted by Crippen LogP contribution is 2.29. The minimum atomic E-state index is 0.167. The average Bonchev–Trinajstić information content (AvgIpc) is 2.27. The summed E-state index contributed by atoms with van der Waals surface area (Å²) < 4.78 is 0. The zero-order valence-corrected chi connectivity index (χ0v) is 9.92. The van der Waals surface area contributed by atoms with Gasteiger partial charge in [0, 0.05) is 5.25 Å². The fourth-order valence-electron chi connectivity index (χ4n) is 1.72. The molecule has 3 heteroatoms. The molecule has 0 spiro atoms. The van der Waals surface area contributed by atoms with Crippen LogP contribution < -0.4 is 5.73 Å². The van der Waals surface area contributed by atoms with Crippen LogP contribution in [-0.4, -0.2) is 5.17 Å². The van der Waals surface area contributed by atoms with Gasteiger partial charge in [0.2, 0.25) is 0 Å². The Labute approximate surface area is 99.4 Å². The molecule has 2 nitrogen and oxygen atoms in total. The van der Waals surface area contributed by atoms with E-state index in [1.807, 2.05) is 12.1 Å². The molecule has 0 aliphatic heterocycles. The van der Waals surface area contributed by atoms with Crippen LogP contribution in [0.15, 0.2) is 42.5 Å². The fraction of sp³-hybridized carbons (Fsp3) is 0.154. The second kappa shape index (κ2) is 4.58. The molecule has 2 aromatic rings. The predicted molar refractivity (Wildman–Crippen MR) is 71.9 cm³/mol. The van der Waals surface area contributed by atoms with Crippen LogP contribution in [0.25, 0.3) is 10.8 Å². The number of amidine groups is 1. The summed E-state index contributed by atoms with van der Waals surface area (Å²) in [5.41, 5.74) is 6.60. The second-order valence-electron chi connectivity index (χ2n) is 3.73. The lowest BCUT2D eigenvalue weighted by atomic mass is 10.1. The lowest BCUT2D eigenvalue weighted by Gasteiger charge is -2.11. The van der Waals surface area contributed by atoms with E-state index in [9.17, 15) is 0 Å². The first-order valence-electron chi connectivity index (χ1n) is 5.16. The highest BCUT2D eigenvalue weighted by atomic mass is 32.2. The first kappa shape index (κ1) is 11.0.